The number of halogens is 4. The largest absolute Gasteiger partial charge is 0.406 e. The van der Waals surface area contributed by atoms with Gasteiger partial charge in [0.25, 0.3) is 0 Å². The van der Waals surface area contributed by atoms with Gasteiger partial charge in [-0.05, 0) is 31.0 Å². The number of hydrogen-bond donors (Lipinski definition) is 1. The van der Waals surface area contributed by atoms with Gasteiger partial charge in [0.15, 0.2) is 0 Å². The third-order valence-corrected chi connectivity index (χ3v) is 5.02. The average Bonchev–Trinajstić information content (AvgIpc) is 3.03. The zero-order valence-electron chi connectivity index (χ0n) is 16.7. The van der Waals surface area contributed by atoms with Crippen molar-refractivity contribution in [3.8, 4) is 0 Å². The molecule has 1 fully saturated rings. The minimum Gasteiger partial charge on any atom is -0.377 e. The molecule has 11 heteroatoms. The second-order valence-electron chi connectivity index (χ2n) is 7.34. The maximum absolute atomic E-state index is 13.8. The second kappa shape index (κ2) is 9.17. The van der Waals surface area contributed by atoms with E-state index in [9.17, 15) is 22.4 Å². The van der Waals surface area contributed by atoms with Gasteiger partial charge in [0.2, 0.25) is 11.9 Å². The normalized spacial score (nSPS) is 15.7. The van der Waals surface area contributed by atoms with Gasteiger partial charge < -0.3 is 24.8 Å². The number of benzene rings is 1. The molecule has 1 amide bonds. The predicted octanol–water partition coefficient (Wildman–Crippen LogP) is 2.14. The minimum atomic E-state index is -4.50. The van der Waals surface area contributed by atoms with Gasteiger partial charge in [-0.1, -0.05) is 0 Å². The van der Waals surface area contributed by atoms with Crippen LogP contribution in [0.25, 0.3) is 11.0 Å². The van der Waals surface area contributed by atoms with Crippen LogP contribution in [0.5, 0.6) is 0 Å². The zero-order chi connectivity index (χ0) is 21.9. The minimum absolute atomic E-state index is 0.0691. The van der Waals surface area contributed by atoms with E-state index < -0.39 is 24.4 Å². The second-order valence-corrected chi connectivity index (χ2v) is 7.34. The molecule has 1 aromatic heterocycles. The highest BCUT2D eigenvalue weighted by Crippen LogP contribution is 2.27. The first-order valence-corrected chi connectivity index (χ1v) is 9.71. The fraction of sp³-hybridized carbons (Fsp3) is 0.579. The molecule has 0 atom stereocenters. The molecule has 0 saturated carbocycles. The maximum Gasteiger partial charge on any atom is 0.406 e. The summed E-state index contributed by atoms with van der Waals surface area (Å²) in [6, 6.07) is 3.99. The van der Waals surface area contributed by atoms with Crippen LogP contribution >= 0.6 is 0 Å². The first kappa shape index (κ1) is 22.3. The molecule has 1 aliphatic heterocycles. The number of imidazole rings is 1. The summed E-state index contributed by atoms with van der Waals surface area (Å²) in [6.07, 6.45) is -2.99. The van der Waals surface area contributed by atoms with Crippen molar-refractivity contribution in [3.05, 3.63) is 24.0 Å². The van der Waals surface area contributed by atoms with E-state index in [0.29, 0.717) is 48.1 Å². The molecule has 2 heterocycles. The van der Waals surface area contributed by atoms with Crippen LogP contribution in [0.4, 0.5) is 23.5 Å². The smallest absolute Gasteiger partial charge is 0.377 e. The van der Waals surface area contributed by atoms with Gasteiger partial charge in [-0.15, -0.1) is 0 Å². The summed E-state index contributed by atoms with van der Waals surface area (Å²) in [5, 5.41) is 0. The Bertz CT molecular complexity index is 878. The van der Waals surface area contributed by atoms with Crippen LogP contribution < -0.4 is 10.6 Å². The van der Waals surface area contributed by atoms with E-state index in [2.05, 4.69) is 4.98 Å². The molecule has 166 valence electrons. The number of ether oxygens (including phenoxy) is 1. The highest BCUT2D eigenvalue weighted by Gasteiger charge is 2.32. The number of aromatic nitrogens is 2. The Hall–Kier alpha value is -2.40. The molecule has 0 aliphatic carbocycles. The number of alkyl halides is 3. The topological polar surface area (TPSA) is 76.6 Å². The lowest BCUT2D eigenvalue weighted by atomic mass is 10.1. The third kappa shape index (κ3) is 5.39. The number of amides is 1. The van der Waals surface area contributed by atoms with Gasteiger partial charge in [0.05, 0.1) is 23.7 Å². The number of rotatable bonds is 7. The summed E-state index contributed by atoms with van der Waals surface area (Å²) in [4.78, 5) is 19.5. The Labute approximate surface area is 171 Å². The molecule has 1 aliphatic rings. The van der Waals surface area contributed by atoms with Crippen molar-refractivity contribution >= 4 is 22.9 Å². The number of carbonyl (C=O) groups excluding carboxylic acids is 1. The van der Waals surface area contributed by atoms with Crippen molar-refractivity contribution in [3.63, 3.8) is 0 Å². The molecule has 30 heavy (non-hydrogen) atoms. The SMILES string of the molecule is CN(CC(F)(F)F)C(=O)Cn1c(N2CCC(OCCN)CC2)nc2ccc(F)cc21. The highest BCUT2D eigenvalue weighted by atomic mass is 19.4. The molecular formula is C19H25F4N5O2. The van der Waals surface area contributed by atoms with Gasteiger partial charge in [0, 0.05) is 26.7 Å². The Balaban J connectivity index is 1.83. The van der Waals surface area contributed by atoms with Gasteiger partial charge in [0.1, 0.15) is 18.9 Å². The van der Waals surface area contributed by atoms with Crippen molar-refractivity contribution in [2.75, 3.05) is 44.7 Å². The van der Waals surface area contributed by atoms with E-state index in [1.165, 1.54) is 22.8 Å². The molecule has 0 radical (unpaired) electrons. The van der Waals surface area contributed by atoms with Gasteiger partial charge in [-0.3, -0.25) is 4.79 Å². The molecule has 1 saturated heterocycles. The number of likely N-dealkylation sites (N-methyl/N-ethyl adjacent to an activating group) is 1. The van der Waals surface area contributed by atoms with Crippen LogP contribution in [0.2, 0.25) is 0 Å². The van der Waals surface area contributed by atoms with Crippen molar-refractivity contribution in [2.45, 2.75) is 31.7 Å². The third-order valence-electron chi connectivity index (χ3n) is 5.02. The lowest BCUT2D eigenvalue weighted by Crippen LogP contribution is -2.40. The summed E-state index contributed by atoms with van der Waals surface area (Å²) >= 11 is 0. The van der Waals surface area contributed by atoms with E-state index in [1.807, 2.05) is 4.90 Å². The number of anilines is 1. The molecule has 2 aromatic rings. The van der Waals surface area contributed by atoms with Gasteiger partial charge >= 0.3 is 6.18 Å². The molecule has 7 nitrogen and oxygen atoms in total. The van der Waals surface area contributed by atoms with Crippen molar-refractivity contribution in [1.29, 1.82) is 0 Å². The number of piperidine rings is 1. The highest BCUT2D eigenvalue weighted by molar-refractivity contribution is 5.83. The van der Waals surface area contributed by atoms with E-state index in [-0.39, 0.29) is 12.6 Å². The molecule has 0 bridgehead atoms. The average molecular weight is 431 g/mol. The van der Waals surface area contributed by atoms with Crippen LogP contribution in [0.3, 0.4) is 0 Å². The molecular weight excluding hydrogens is 406 g/mol. The van der Waals surface area contributed by atoms with Crippen LogP contribution in [-0.4, -0.2) is 72.5 Å². The predicted molar refractivity (Wildman–Crippen MR) is 104 cm³/mol. The van der Waals surface area contributed by atoms with Gasteiger partial charge in [-0.2, -0.15) is 13.2 Å². The van der Waals surface area contributed by atoms with Crippen molar-refractivity contribution in [2.24, 2.45) is 5.73 Å². The Kier molecular flexibility index (Phi) is 6.81. The van der Waals surface area contributed by atoms with E-state index >= 15 is 0 Å². The number of fused-ring (bicyclic) bond motifs is 1. The first-order valence-electron chi connectivity index (χ1n) is 9.71. The molecule has 3 rings (SSSR count). The van der Waals surface area contributed by atoms with Crippen molar-refractivity contribution in [1.82, 2.24) is 14.5 Å². The quantitative estimate of drug-likeness (QED) is 0.680. The van der Waals surface area contributed by atoms with Crippen LogP contribution in [0.15, 0.2) is 18.2 Å². The van der Waals surface area contributed by atoms with Crippen LogP contribution in [0.1, 0.15) is 12.8 Å². The molecule has 0 spiro atoms. The summed E-state index contributed by atoms with van der Waals surface area (Å²) in [6.45, 7) is 0.371. The molecule has 0 unspecified atom stereocenters. The summed E-state index contributed by atoms with van der Waals surface area (Å²) in [5.41, 5.74) is 6.30. The first-order chi connectivity index (χ1) is 14.2. The van der Waals surface area contributed by atoms with Crippen LogP contribution in [-0.2, 0) is 16.1 Å². The monoisotopic (exact) mass is 431 g/mol. The number of hydrogen-bond acceptors (Lipinski definition) is 5. The fourth-order valence-electron chi connectivity index (χ4n) is 3.55. The Morgan fingerprint density at radius 1 is 1.33 bits per heavy atom. The number of carbonyl (C=O) groups is 1. The summed E-state index contributed by atoms with van der Waals surface area (Å²) < 4.78 is 58.9. The summed E-state index contributed by atoms with van der Waals surface area (Å²) in [7, 11) is 1.09. The molecule has 2 N–H and O–H groups in total. The lowest BCUT2D eigenvalue weighted by Gasteiger charge is -2.33. The lowest BCUT2D eigenvalue weighted by molar-refractivity contribution is -0.158. The van der Waals surface area contributed by atoms with E-state index in [1.54, 1.807) is 0 Å². The van der Waals surface area contributed by atoms with E-state index in [4.69, 9.17) is 10.5 Å². The standard InChI is InChI=1S/C19H25F4N5O2/c1-26(12-19(21,22)23)17(29)11-28-16-10-13(20)2-3-15(16)25-18(28)27-7-4-14(5-8-27)30-9-6-24/h2-3,10,14H,4-9,11-12,24H2,1H3. The van der Waals surface area contributed by atoms with E-state index in [0.717, 1.165) is 19.9 Å². The zero-order valence-corrected chi connectivity index (χ0v) is 16.7. The van der Waals surface area contributed by atoms with Crippen LogP contribution in [0, 0.1) is 5.82 Å². The number of nitrogens with zero attached hydrogens (tertiary/aromatic N) is 4. The maximum atomic E-state index is 13.8. The number of nitrogens with two attached hydrogens (primary N) is 1. The Morgan fingerprint density at radius 3 is 2.67 bits per heavy atom. The molecule has 1 aromatic carbocycles. The Morgan fingerprint density at radius 2 is 2.03 bits per heavy atom. The van der Waals surface area contributed by atoms with Gasteiger partial charge in [-0.25, -0.2) is 9.37 Å². The fourth-order valence-corrected chi connectivity index (χ4v) is 3.55. The van der Waals surface area contributed by atoms with Crippen molar-refractivity contribution < 1.29 is 27.1 Å². The summed E-state index contributed by atoms with van der Waals surface area (Å²) in [5.74, 6) is -0.819.